The third-order valence-corrected chi connectivity index (χ3v) is 4.67. The average Bonchev–Trinajstić information content (AvgIpc) is 2.78. The van der Waals surface area contributed by atoms with Gasteiger partial charge in [0.15, 0.2) is 0 Å². The second-order valence-electron chi connectivity index (χ2n) is 6.75. The number of anilines is 1. The van der Waals surface area contributed by atoms with Crippen molar-refractivity contribution in [2.75, 3.05) is 5.43 Å². The van der Waals surface area contributed by atoms with Crippen molar-refractivity contribution in [3.63, 3.8) is 0 Å². The zero-order chi connectivity index (χ0) is 20.8. The van der Waals surface area contributed by atoms with Gasteiger partial charge in [-0.05, 0) is 58.3 Å². The SMILES string of the molecule is O=C(O)c1ccc(N/N=C/c2cccc(OCc3cccc4ccccc34)c2)cc1. The van der Waals surface area contributed by atoms with Crippen LogP contribution in [-0.2, 0) is 6.61 Å². The molecule has 0 radical (unpaired) electrons. The second-order valence-corrected chi connectivity index (χ2v) is 6.75. The molecule has 4 rings (SSSR count). The van der Waals surface area contributed by atoms with Crippen molar-refractivity contribution in [3.8, 4) is 5.75 Å². The molecule has 0 aliphatic rings. The molecule has 4 aromatic rings. The maximum absolute atomic E-state index is 10.9. The van der Waals surface area contributed by atoms with Crippen LogP contribution in [0, 0.1) is 0 Å². The highest BCUT2D eigenvalue weighted by Gasteiger charge is 2.03. The molecule has 30 heavy (non-hydrogen) atoms. The normalized spacial score (nSPS) is 10.9. The Morgan fingerprint density at radius 2 is 1.70 bits per heavy atom. The number of hydrogen-bond donors (Lipinski definition) is 2. The number of hydrogen-bond acceptors (Lipinski definition) is 4. The molecule has 0 aromatic heterocycles. The third-order valence-electron chi connectivity index (χ3n) is 4.67. The molecule has 5 nitrogen and oxygen atoms in total. The fraction of sp³-hybridized carbons (Fsp3) is 0.0400. The number of ether oxygens (including phenoxy) is 1. The number of hydrazone groups is 1. The van der Waals surface area contributed by atoms with Gasteiger partial charge < -0.3 is 9.84 Å². The van der Waals surface area contributed by atoms with Crippen LogP contribution in [0.3, 0.4) is 0 Å². The van der Waals surface area contributed by atoms with Gasteiger partial charge in [-0.2, -0.15) is 5.10 Å². The molecular formula is C25H20N2O3. The van der Waals surface area contributed by atoms with E-state index >= 15 is 0 Å². The molecule has 0 fully saturated rings. The van der Waals surface area contributed by atoms with E-state index in [0.717, 1.165) is 16.9 Å². The Morgan fingerprint density at radius 1 is 0.933 bits per heavy atom. The van der Waals surface area contributed by atoms with Gasteiger partial charge in [0, 0.05) is 0 Å². The summed E-state index contributed by atoms with van der Waals surface area (Å²) in [6.07, 6.45) is 1.69. The van der Waals surface area contributed by atoms with Crippen LogP contribution < -0.4 is 10.2 Å². The summed E-state index contributed by atoms with van der Waals surface area (Å²) >= 11 is 0. The minimum atomic E-state index is -0.953. The van der Waals surface area contributed by atoms with Crippen LogP contribution in [0.5, 0.6) is 5.75 Å². The third kappa shape index (κ3) is 4.64. The Balaban J connectivity index is 1.40. The minimum absolute atomic E-state index is 0.237. The van der Waals surface area contributed by atoms with E-state index in [-0.39, 0.29) is 5.56 Å². The molecule has 0 amide bonds. The number of nitrogens with zero attached hydrogens (tertiary/aromatic N) is 1. The maximum atomic E-state index is 10.9. The van der Waals surface area contributed by atoms with Crippen molar-refractivity contribution in [1.82, 2.24) is 0 Å². The van der Waals surface area contributed by atoms with E-state index < -0.39 is 5.97 Å². The molecule has 148 valence electrons. The number of fused-ring (bicyclic) bond motifs is 1. The van der Waals surface area contributed by atoms with Crippen LogP contribution in [-0.4, -0.2) is 17.3 Å². The minimum Gasteiger partial charge on any atom is -0.489 e. The van der Waals surface area contributed by atoms with Crippen molar-refractivity contribution < 1.29 is 14.6 Å². The fourth-order valence-electron chi connectivity index (χ4n) is 3.13. The lowest BCUT2D eigenvalue weighted by Gasteiger charge is -2.09. The summed E-state index contributed by atoms with van der Waals surface area (Å²) < 4.78 is 6.00. The lowest BCUT2D eigenvalue weighted by Crippen LogP contribution is -1.98. The summed E-state index contributed by atoms with van der Waals surface area (Å²) in [7, 11) is 0. The van der Waals surface area contributed by atoms with Crippen LogP contribution in [0.2, 0.25) is 0 Å². The molecule has 2 N–H and O–H groups in total. The molecule has 4 aromatic carbocycles. The molecule has 0 aliphatic carbocycles. The van der Waals surface area contributed by atoms with E-state index in [9.17, 15) is 4.79 Å². The van der Waals surface area contributed by atoms with E-state index in [0.29, 0.717) is 12.3 Å². The molecular weight excluding hydrogens is 376 g/mol. The zero-order valence-corrected chi connectivity index (χ0v) is 16.2. The second kappa shape index (κ2) is 8.92. The summed E-state index contributed by atoms with van der Waals surface area (Å²) in [6, 6.07) is 28.6. The van der Waals surface area contributed by atoms with E-state index in [1.807, 2.05) is 42.5 Å². The predicted octanol–water partition coefficient (Wildman–Crippen LogP) is 5.56. The van der Waals surface area contributed by atoms with Crippen LogP contribution >= 0.6 is 0 Å². The highest BCUT2D eigenvalue weighted by Crippen LogP contribution is 2.21. The summed E-state index contributed by atoms with van der Waals surface area (Å²) in [5.41, 5.74) is 5.86. The largest absolute Gasteiger partial charge is 0.489 e. The van der Waals surface area contributed by atoms with Gasteiger partial charge in [-0.3, -0.25) is 5.43 Å². The van der Waals surface area contributed by atoms with Crippen molar-refractivity contribution in [2.24, 2.45) is 5.10 Å². The van der Waals surface area contributed by atoms with Crippen LogP contribution in [0.1, 0.15) is 21.5 Å². The van der Waals surface area contributed by atoms with Gasteiger partial charge in [-0.1, -0.05) is 54.6 Å². The van der Waals surface area contributed by atoms with Crippen molar-refractivity contribution in [3.05, 3.63) is 108 Å². The van der Waals surface area contributed by atoms with Gasteiger partial charge in [-0.25, -0.2) is 4.79 Å². The number of benzene rings is 4. The highest BCUT2D eigenvalue weighted by atomic mass is 16.5. The number of carboxylic acids is 1. The number of aromatic carboxylic acids is 1. The summed E-state index contributed by atoms with van der Waals surface area (Å²) in [6.45, 7) is 0.482. The van der Waals surface area contributed by atoms with Crippen LogP contribution in [0.25, 0.3) is 10.8 Å². The monoisotopic (exact) mass is 396 g/mol. The first-order valence-corrected chi connectivity index (χ1v) is 9.51. The number of carboxylic acid groups (broad SMARTS) is 1. The number of nitrogens with one attached hydrogen (secondary N) is 1. The molecule has 5 heteroatoms. The summed E-state index contributed by atoms with van der Waals surface area (Å²) in [4.78, 5) is 10.9. The van der Waals surface area contributed by atoms with E-state index in [4.69, 9.17) is 9.84 Å². The van der Waals surface area contributed by atoms with Gasteiger partial charge in [0.25, 0.3) is 0 Å². The Labute approximate surface area is 174 Å². The first-order chi connectivity index (χ1) is 14.7. The van der Waals surface area contributed by atoms with E-state index in [2.05, 4.69) is 34.8 Å². The lowest BCUT2D eigenvalue weighted by molar-refractivity contribution is 0.0697. The molecule has 0 spiro atoms. The van der Waals surface area contributed by atoms with Crippen molar-refractivity contribution in [1.29, 1.82) is 0 Å². The topological polar surface area (TPSA) is 70.9 Å². The molecule has 0 saturated heterocycles. The fourth-order valence-corrected chi connectivity index (χ4v) is 3.13. The van der Waals surface area contributed by atoms with Gasteiger partial charge in [0.05, 0.1) is 17.5 Å². The molecule has 0 atom stereocenters. The molecule has 0 heterocycles. The van der Waals surface area contributed by atoms with Crippen LogP contribution in [0.4, 0.5) is 5.69 Å². The Hall–Kier alpha value is -4.12. The number of rotatable bonds is 7. The van der Waals surface area contributed by atoms with Crippen molar-refractivity contribution in [2.45, 2.75) is 6.61 Å². The summed E-state index contributed by atoms with van der Waals surface area (Å²) in [5, 5.41) is 15.5. The quantitative estimate of drug-likeness (QED) is 0.317. The number of carbonyl (C=O) groups is 1. The van der Waals surface area contributed by atoms with E-state index in [1.54, 1.807) is 18.3 Å². The Bertz CT molecular complexity index is 1200. The predicted molar refractivity (Wildman–Crippen MR) is 119 cm³/mol. The Morgan fingerprint density at radius 3 is 2.53 bits per heavy atom. The Kier molecular flexibility index (Phi) is 5.71. The summed E-state index contributed by atoms with van der Waals surface area (Å²) in [5.74, 6) is -0.192. The first kappa shape index (κ1) is 19.2. The highest BCUT2D eigenvalue weighted by molar-refractivity contribution is 5.88. The van der Waals surface area contributed by atoms with Gasteiger partial charge in [0.2, 0.25) is 0 Å². The molecule has 0 unspecified atom stereocenters. The standard InChI is InChI=1S/C25H20N2O3/c28-25(29)20-11-13-22(14-12-20)27-26-16-18-5-3-9-23(15-18)30-17-21-8-4-7-19-6-1-2-10-24(19)21/h1-16,27H,17H2,(H,28,29)/b26-16+. The van der Waals surface area contributed by atoms with Crippen molar-refractivity contribution >= 4 is 28.6 Å². The smallest absolute Gasteiger partial charge is 0.335 e. The van der Waals surface area contributed by atoms with Gasteiger partial charge >= 0.3 is 5.97 Å². The average molecular weight is 396 g/mol. The molecule has 0 aliphatic heterocycles. The zero-order valence-electron chi connectivity index (χ0n) is 16.2. The van der Waals surface area contributed by atoms with Crippen LogP contribution in [0.15, 0.2) is 96.1 Å². The maximum Gasteiger partial charge on any atom is 0.335 e. The molecule has 0 saturated carbocycles. The van der Waals surface area contributed by atoms with E-state index in [1.165, 1.54) is 22.9 Å². The first-order valence-electron chi connectivity index (χ1n) is 9.51. The lowest BCUT2D eigenvalue weighted by atomic mass is 10.1. The van der Waals surface area contributed by atoms with Gasteiger partial charge in [-0.15, -0.1) is 0 Å². The van der Waals surface area contributed by atoms with Gasteiger partial charge in [0.1, 0.15) is 12.4 Å². The molecule has 0 bridgehead atoms.